The zero-order valence-corrected chi connectivity index (χ0v) is 8.33. The number of nitrogens with zero attached hydrogens (tertiary/aromatic N) is 1. The fourth-order valence-electron chi connectivity index (χ4n) is 1.60. The average molecular weight is 189 g/mol. The van der Waals surface area contributed by atoms with Crippen LogP contribution in [0, 0.1) is 0 Å². The van der Waals surface area contributed by atoms with Crippen LogP contribution in [-0.2, 0) is 0 Å². The first-order chi connectivity index (χ1) is 6.81. The van der Waals surface area contributed by atoms with Crippen LogP contribution in [0.25, 0.3) is 11.0 Å². The molecule has 0 aliphatic heterocycles. The number of benzene rings is 1. The molecule has 0 saturated carbocycles. The number of fused-ring (bicyclic) bond motifs is 1. The van der Waals surface area contributed by atoms with Gasteiger partial charge in [-0.2, -0.15) is 0 Å². The fraction of sp³-hybridized carbons (Fsp3) is 0.364. The lowest BCUT2D eigenvalue weighted by atomic mass is 10.2. The van der Waals surface area contributed by atoms with Crippen LogP contribution in [0.15, 0.2) is 24.3 Å². The Bertz CT molecular complexity index is 386. The van der Waals surface area contributed by atoms with E-state index in [1.807, 2.05) is 24.3 Å². The standard InChI is InChI=1S/C11H15N3/c1-2-5-8(12)11-13-9-6-3-4-7-10(9)14-11/h3-4,6-8H,2,5,12H2,1H3,(H,13,14). The van der Waals surface area contributed by atoms with E-state index < -0.39 is 0 Å². The van der Waals surface area contributed by atoms with Gasteiger partial charge in [-0.25, -0.2) is 4.98 Å². The van der Waals surface area contributed by atoms with Gasteiger partial charge in [0.15, 0.2) is 0 Å². The minimum absolute atomic E-state index is 0.0346. The summed E-state index contributed by atoms with van der Waals surface area (Å²) >= 11 is 0. The molecule has 0 aliphatic carbocycles. The highest BCUT2D eigenvalue weighted by molar-refractivity contribution is 5.74. The summed E-state index contributed by atoms with van der Waals surface area (Å²) < 4.78 is 0. The summed E-state index contributed by atoms with van der Waals surface area (Å²) in [6.07, 6.45) is 2.05. The van der Waals surface area contributed by atoms with Crippen LogP contribution in [0.2, 0.25) is 0 Å². The van der Waals surface area contributed by atoms with E-state index in [9.17, 15) is 0 Å². The maximum Gasteiger partial charge on any atom is 0.124 e. The summed E-state index contributed by atoms with van der Waals surface area (Å²) in [6, 6.07) is 8.03. The van der Waals surface area contributed by atoms with E-state index in [-0.39, 0.29) is 6.04 Å². The summed E-state index contributed by atoms with van der Waals surface area (Å²) in [6.45, 7) is 2.13. The third kappa shape index (κ3) is 1.63. The Morgan fingerprint density at radius 3 is 2.93 bits per heavy atom. The number of imidazole rings is 1. The highest BCUT2D eigenvalue weighted by Gasteiger charge is 2.09. The van der Waals surface area contributed by atoms with Crippen LogP contribution < -0.4 is 5.73 Å². The van der Waals surface area contributed by atoms with Crippen molar-refractivity contribution >= 4 is 11.0 Å². The van der Waals surface area contributed by atoms with E-state index >= 15 is 0 Å². The molecule has 0 fully saturated rings. The number of aromatic nitrogens is 2. The van der Waals surface area contributed by atoms with Gasteiger partial charge in [0.1, 0.15) is 5.82 Å². The summed E-state index contributed by atoms with van der Waals surface area (Å²) in [4.78, 5) is 7.69. The maximum atomic E-state index is 5.98. The number of nitrogens with one attached hydrogen (secondary N) is 1. The first-order valence-corrected chi connectivity index (χ1v) is 5.01. The van der Waals surface area contributed by atoms with Gasteiger partial charge in [0.05, 0.1) is 17.1 Å². The Morgan fingerprint density at radius 2 is 2.21 bits per heavy atom. The van der Waals surface area contributed by atoms with Crippen molar-refractivity contribution in [1.82, 2.24) is 9.97 Å². The lowest BCUT2D eigenvalue weighted by molar-refractivity contribution is 0.610. The first kappa shape index (κ1) is 9.21. The van der Waals surface area contributed by atoms with E-state index in [1.54, 1.807) is 0 Å². The Kier molecular flexibility index (Phi) is 2.50. The molecule has 1 aromatic carbocycles. The highest BCUT2D eigenvalue weighted by Crippen LogP contribution is 2.17. The predicted octanol–water partition coefficient (Wildman–Crippen LogP) is 2.36. The molecule has 1 aromatic heterocycles. The van der Waals surface area contributed by atoms with Gasteiger partial charge in [-0.05, 0) is 18.6 Å². The number of para-hydroxylation sites is 2. The quantitative estimate of drug-likeness (QED) is 0.778. The van der Waals surface area contributed by atoms with Crippen molar-refractivity contribution in [1.29, 1.82) is 0 Å². The Balaban J connectivity index is 2.35. The molecule has 1 atom stereocenters. The van der Waals surface area contributed by atoms with Gasteiger partial charge in [-0.15, -0.1) is 0 Å². The number of aromatic amines is 1. The molecule has 74 valence electrons. The molecular formula is C11H15N3. The molecule has 3 nitrogen and oxygen atoms in total. The van der Waals surface area contributed by atoms with Gasteiger partial charge in [-0.3, -0.25) is 0 Å². The van der Waals surface area contributed by atoms with Crippen molar-refractivity contribution in [2.24, 2.45) is 5.73 Å². The van der Waals surface area contributed by atoms with Crippen molar-refractivity contribution < 1.29 is 0 Å². The number of hydrogen-bond donors (Lipinski definition) is 2. The van der Waals surface area contributed by atoms with Gasteiger partial charge < -0.3 is 10.7 Å². The van der Waals surface area contributed by atoms with E-state index in [2.05, 4.69) is 16.9 Å². The highest BCUT2D eigenvalue weighted by atomic mass is 15.0. The predicted molar refractivity (Wildman–Crippen MR) is 57.9 cm³/mol. The minimum Gasteiger partial charge on any atom is -0.341 e. The van der Waals surface area contributed by atoms with E-state index in [0.717, 1.165) is 29.7 Å². The number of hydrogen-bond acceptors (Lipinski definition) is 2. The first-order valence-electron chi connectivity index (χ1n) is 5.01. The van der Waals surface area contributed by atoms with Crippen LogP contribution in [0.3, 0.4) is 0 Å². The molecule has 0 spiro atoms. The molecule has 0 saturated heterocycles. The summed E-state index contributed by atoms with van der Waals surface area (Å²) in [5.74, 6) is 0.896. The smallest absolute Gasteiger partial charge is 0.124 e. The van der Waals surface area contributed by atoms with Crippen LogP contribution in [0.1, 0.15) is 31.6 Å². The molecule has 2 aromatic rings. The molecular weight excluding hydrogens is 174 g/mol. The molecule has 0 amide bonds. The van der Waals surface area contributed by atoms with Gasteiger partial charge in [0, 0.05) is 0 Å². The normalized spacial score (nSPS) is 13.3. The molecule has 0 aliphatic rings. The van der Waals surface area contributed by atoms with Crippen molar-refractivity contribution in [3.05, 3.63) is 30.1 Å². The molecule has 1 unspecified atom stereocenters. The third-order valence-electron chi connectivity index (χ3n) is 2.36. The fourth-order valence-corrected chi connectivity index (χ4v) is 1.60. The Morgan fingerprint density at radius 1 is 1.43 bits per heavy atom. The molecule has 1 heterocycles. The number of rotatable bonds is 3. The second kappa shape index (κ2) is 3.80. The van der Waals surface area contributed by atoms with E-state index in [0.29, 0.717) is 0 Å². The average Bonchev–Trinajstić information content (AvgIpc) is 2.61. The molecule has 0 bridgehead atoms. The topological polar surface area (TPSA) is 54.7 Å². The SMILES string of the molecule is CCCC(N)c1nc2ccccc2[nH]1. The van der Waals surface area contributed by atoms with Crippen molar-refractivity contribution in [2.75, 3.05) is 0 Å². The molecule has 14 heavy (non-hydrogen) atoms. The monoisotopic (exact) mass is 189 g/mol. The maximum absolute atomic E-state index is 5.98. The summed E-state index contributed by atoms with van der Waals surface area (Å²) in [5.41, 5.74) is 8.03. The molecule has 2 rings (SSSR count). The lowest BCUT2D eigenvalue weighted by Crippen LogP contribution is -2.11. The van der Waals surface area contributed by atoms with Crippen molar-refractivity contribution in [2.45, 2.75) is 25.8 Å². The minimum atomic E-state index is 0.0346. The Hall–Kier alpha value is -1.35. The van der Waals surface area contributed by atoms with Gasteiger partial charge in [-0.1, -0.05) is 25.5 Å². The van der Waals surface area contributed by atoms with Crippen LogP contribution in [0.5, 0.6) is 0 Å². The second-order valence-electron chi connectivity index (χ2n) is 3.53. The van der Waals surface area contributed by atoms with E-state index in [4.69, 9.17) is 5.73 Å². The van der Waals surface area contributed by atoms with Gasteiger partial charge in [0.2, 0.25) is 0 Å². The van der Waals surface area contributed by atoms with Crippen LogP contribution >= 0.6 is 0 Å². The van der Waals surface area contributed by atoms with Crippen LogP contribution in [0.4, 0.5) is 0 Å². The van der Waals surface area contributed by atoms with Crippen molar-refractivity contribution in [3.8, 4) is 0 Å². The zero-order valence-electron chi connectivity index (χ0n) is 8.33. The second-order valence-corrected chi connectivity index (χ2v) is 3.53. The largest absolute Gasteiger partial charge is 0.341 e. The number of nitrogens with two attached hydrogens (primary N) is 1. The summed E-state index contributed by atoms with van der Waals surface area (Å²) in [7, 11) is 0. The van der Waals surface area contributed by atoms with Crippen molar-refractivity contribution in [3.63, 3.8) is 0 Å². The molecule has 3 N–H and O–H groups in total. The Labute approximate surface area is 83.3 Å². The zero-order chi connectivity index (χ0) is 9.97. The summed E-state index contributed by atoms with van der Waals surface area (Å²) in [5, 5.41) is 0. The third-order valence-corrected chi connectivity index (χ3v) is 2.36. The lowest BCUT2D eigenvalue weighted by Gasteiger charge is -2.04. The molecule has 3 heteroatoms. The van der Waals surface area contributed by atoms with E-state index in [1.165, 1.54) is 0 Å². The van der Waals surface area contributed by atoms with Gasteiger partial charge >= 0.3 is 0 Å². The number of H-pyrrole nitrogens is 1. The molecule has 0 radical (unpaired) electrons. The van der Waals surface area contributed by atoms with Gasteiger partial charge in [0.25, 0.3) is 0 Å². The van der Waals surface area contributed by atoms with Crippen LogP contribution in [-0.4, -0.2) is 9.97 Å².